The fraction of sp³-hybridized carbons (Fsp3) is 0.125. The summed E-state index contributed by atoms with van der Waals surface area (Å²) in [5.74, 6) is -3.25. The number of hydrogen-bond donors (Lipinski definition) is 0. The average Bonchev–Trinajstić information content (AvgIpc) is 3.32. The lowest BCUT2D eigenvalue weighted by Crippen LogP contribution is -2.13. The lowest BCUT2D eigenvalue weighted by atomic mass is 10.2. The maximum Gasteiger partial charge on any atom is 0.513 e. The molecule has 18 heteroatoms. The minimum atomic E-state index is -0.983. The minimum absolute atomic E-state index is 0.0403. The van der Waals surface area contributed by atoms with Gasteiger partial charge in [0.05, 0.1) is 48.7 Å². The van der Waals surface area contributed by atoms with Crippen LogP contribution in [0.2, 0.25) is 0 Å². The molecule has 0 heterocycles. The summed E-state index contributed by atoms with van der Waals surface area (Å²) in [6.45, 7) is 6.53. The Morgan fingerprint density at radius 3 is 0.773 bits per heavy atom. The van der Waals surface area contributed by atoms with Crippen LogP contribution in [-0.4, -0.2) is 74.6 Å². The quantitative estimate of drug-likeness (QED) is 0.0181. The number of hydrogen-bond acceptors (Lipinski definition) is 18. The van der Waals surface area contributed by atoms with Gasteiger partial charge < -0.3 is 47.4 Å². The van der Waals surface area contributed by atoms with Gasteiger partial charge in [-0.25, -0.2) is 38.4 Å². The van der Waals surface area contributed by atoms with Crippen molar-refractivity contribution >= 4 is 48.1 Å². The van der Waals surface area contributed by atoms with Gasteiger partial charge in [-0.05, 0) is 121 Å². The molecule has 5 aromatic rings. The maximum absolute atomic E-state index is 12.8. The van der Waals surface area contributed by atoms with Gasteiger partial charge in [-0.15, -0.1) is 0 Å². The van der Waals surface area contributed by atoms with Gasteiger partial charge in [0.2, 0.25) is 0 Å². The van der Waals surface area contributed by atoms with E-state index >= 15 is 0 Å². The topological polar surface area (TPSA) is 229 Å². The Morgan fingerprint density at radius 2 is 0.530 bits per heavy atom. The van der Waals surface area contributed by atoms with Crippen LogP contribution in [0.5, 0.6) is 34.5 Å². The van der Waals surface area contributed by atoms with Crippen molar-refractivity contribution in [1.82, 2.24) is 0 Å². The molecule has 0 aliphatic heterocycles. The smallest absolute Gasteiger partial charge is 0.462 e. The molecule has 66 heavy (non-hydrogen) atoms. The molecular formula is C48H38O18. The van der Waals surface area contributed by atoms with Crippen molar-refractivity contribution in [3.05, 3.63) is 169 Å². The number of carbonyl (C=O) groups excluding carboxylic acids is 8. The third-order valence-electron chi connectivity index (χ3n) is 8.27. The molecule has 0 aliphatic carbocycles. The number of esters is 6. The van der Waals surface area contributed by atoms with Crippen molar-refractivity contribution < 1.29 is 85.7 Å². The zero-order valence-electron chi connectivity index (χ0n) is 34.7. The lowest BCUT2D eigenvalue weighted by molar-refractivity contribution is -0.138. The van der Waals surface area contributed by atoms with Crippen molar-refractivity contribution in [3.63, 3.8) is 0 Å². The number of carbonyl (C=O) groups is 8. The molecule has 338 valence electrons. The van der Waals surface area contributed by atoms with Crippen molar-refractivity contribution in [3.8, 4) is 34.5 Å². The van der Waals surface area contributed by atoms with Crippen molar-refractivity contribution in [2.75, 3.05) is 26.4 Å². The molecule has 0 saturated carbocycles. The van der Waals surface area contributed by atoms with Gasteiger partial charge in [0.15, 0.2) is 0 Å². The van der Waals surface area contributed by atoms with Gasteiger partial charge >= 0.3 is 48.1 Å². The first-order valence-electron chi connectivity index (χ1n) is 19.6. The number of benzene rings is 5. The van der Waals surface area contributed by atoms with Crippen molar-refractivity contribution in [2.24, 2.45) is 0 Å². The molecule has 0 unspecified atom stereocenters. The predicted octanol–water partition coefficient (Wildman–Crippen LogP) is 7.83. The number of ether oxygens (including phenoxy) is 10. The van der Waals surface area contributed by atoms with Gasteiger partial charge in [-0.3, -0.25) is 0 Å². The fourth-order valence-corrected chi connectivity index (χ4v) is 5.02. The first kappa shape index (κ1) is 48.0. The number of rotatable bonds is 20. The second-order valence-corrected chi connectivity index (χ2v) is 13.0. The van der Waals surface area contributed by atoms with Crippen LogP contribution in [0.25, 0.3) is 0 Å². The Kier molecular flexibility index (Phi) is 17.8. The predicted molar refractivity (Wildman–Crippen MR) is 228 cm³/mol. The highest BCUT2D eigenvalue weighted by atomic mass is 16.7. The molecule has 5 aromatic carbocycles. The van der Waals surface area contributed by atoms with E-state index in [1.807, 2.05) is 0 Å². The third-order valence-corrected chi connectivity index (χ3v) is 8.27. The van der Waals surface area contributed by atoms with Crippen molar-refractivity contribution in [1.29, 1.82) is 0 Å². The van der Waals surface area contributed by atoms with E-state index in [0.717, 1.165) is 12.2 Å². The zero-order chi connectivity index (χ0) is 47.3. The first-order valence-corrected chi connectivity index (χ1v) is 19.6. The molecule has 0 bridgehead atoms. The average molecular weight is 903 g/mol. The van der Waals surface area contributed by atoms with E-state index in [0.29, 0.717) is 0 Å². The highest BCUT2D eigenvalue weighted by Crippen LogP contribution is 2.23. The molecule has 0 radical (unpaired) electrons. The van der Waals surface area contributed by atoms with Crippen LogP contribution in [0.1, 0.15) is 54.3 Å². The maximum atomic E-state index is 12.8. The van der Waals surface area contributed by atoms with E-state index in [4.69, 9.17) is 47.4 Å². The Morgan fingerprint density at radius 1 is 0.318 bits per heavy atom. The zero-order valence-corrected chi connectivity index (χ0v) is 34.7. The van der Waals surface area contributed by atoms with Gasteiger partial charge in [0.1, 0.15) is 34.5 Å². The van der Waals surface area contributed by atoms with Gasteiger partial charge in [-0.2, -0.15) is 0 Å². The summed E-state index contributed by atoms with van der Waals surface area (Å²) >= 11 is 0. The fourth-order valence-electron chi connectivity index (χ4n) is 5.02. The molecule has 0 spiro atoms. The summed E-state index contributed by atoms with van der Waals surface area (Å²) in [7, 11) is 0. The van der Waals surface area contributed by atoms with E-state index in [1.54, 1.807) is 0 Å². The van der Waals surface area contributed by atoms with E-state index in [2.05, 4.69) is 13.2 Å². The molecular weight excluding hydrogens is 865 g/mol. The summed E-state index contributed by atoms with van der Waals surface area (Å²) in [6, 6.07) is 27.9. The summed E-state index contributed by atoms with van der Waals surface area (Å²) in [5, 5.41) is 0. The Bertz CT molecular complexity index is 2350. The standard InChI is InChI=1S/C48H38O18/c1-3-41(49)57-27-5-29-59-47(55)65-39-19-11-33(12-20-39)43(51)61-35-15-7-31(8-16-35)45(53)63-37-23-25-38(26-24-37)64-46(54)32-9-17-36(18-10-32)62-44(52)34-13-21-40(22-14-34)66-48(56)60-30-6-28-58-42(50)4-2/h3-4,7-26H,1-2,5-6,27-30H2. The molecule has 0 aliphatic rings. The van der Waals surface area contributed by atoms with Gasteiger partial charge in [0.25, 0.3) is 0 Å². The molecule has 18 nitrogen and oxygen atoms in total. The lowest BCUT2D eigenvalue weighted by Gasteiger charge is -2.09. The second kappa shape index (κ2) is 24.5. The van der Waals surface area contributed by atoms with E-state index in [9.17, 15) is 38.4 Å². The van der Waals surface area contributed by atoms with Crippen LogP contribution >= 0.6 is 0 Å². The largest absolute Gasteiger partial charge is 0.513 e. The SMILES string of the molecule is C=CC(=O)OCCCOC(=O)Oc1ccc(C(=O)Oc2ccc(C(=O)Oc3ccc(OC(=O)c4ccc(OC(=O)c5ccc(OC(=O)OCCCOC(=O)C=C)cc5)cc4)cc3)cc2)cc1. The first-order chi connectivity index (χ1) is 31.9. The van der Waals surface area contributed by atoms with Crippen LogP contribution in [0.4, 0.5) is 9.59 Å². The van der Waals surface area contributed by atoms with Gasteiger partial charge in [-0.1, -0.05) is 13.2 Å². The normalized spacial score (nSPS) is 10.2. The minimum Gasteiger partial charge on any atom is -0.462 e. The monoisotopic (exact) mass is 902 g/mol. The third kappa shape index (κ3) is 15.7. The molecule has 5 rings (SSSR count). The molecule has 0 aromatic heterocycles. The molecule has 0 saturated heterocycles. The summed E-state index contributed by atoms with van der Waals surface area (Å²) < 4.78 is 51.0. The summed E-state index contributed by atoms with van der Waals surface area (Å²) in [4.78, 5) is 96.7. The van der Waals surface area contributed by atoms with Crippen LogP contribution in [0, 0.1) is 0 Å². The molecule has 0 amide bonds. The van der Waals surface area contributed by atoms with E-state index in [1.165, 1.54) is 121 Å². The van der Waals surface area contributed by atoms with Crippen LogP contribution in [0.3, 0.4) is 0 Å². The summed E-state index contributed by atoms with van der Waals surface area (Å²) in [5.41, 5.74) is 0.583. The second-order valence-electron chi connectivity index (χ2n) is 13.0. The molecule has 0 N–H and O–H groups in total. The van der Waals surface area contributed by atoms with Crippen LogP contribution in [0.15, 0.2) is 147 Å². The molecule has 0 atom stereocenters. The highest BCUT2D eigenvalue weighted by Gasteiger charge is 2.16. The van der Waals surface area contributed by atoms with Crippen LogP contribution in [-0.2, 0) is 28.5 Å². The van der Waals surface area contributed by atoms with Gasteiger partial charge in [0, 0.05) is 25.0 Å². The van der Waals surface area contributed by atoms with E-state index < -0.39 is 48.1 Å². The van der Waals surface area contributed by atoms with Crippen LogP contribution < -0.4 is 28.4 Å². The van der Waals surface area contributed by atoms with Crippen molar-refractivity contribution in [2.45, 2.75) is 12.8 Å². The highest BCUT2D eigenvalue weighted by molar-refractivity contribution is 5.94. The Labute approximate surface area is 375 Å². The Hall–Kier alpha value is -9.06. The summed E-state index contributed by atoms with van der Waals surface area (Å²) in [6.07, 6.45) is 0.588. The Balaban J connectivity index is 1.01. The van der Waals surface area contributed by atoms with E-state index in [-0.39, 0.29) is 96.0 Å². The molecule has 0 fully saturated rings.